The van der Waals surface area contributed by atoms with E-state index in [0.717, 1.165) is 0 Å². The van der Waals surface area contributed by atoms with Crippen molar-refractivity contribution in [3.05, 3.63) is 83.4 Å². The number of nitrogens with one attached hydrogen (secondary N) is 2. The summed E-state index contributed by atoms with van der Waals surface area (Å²) in [7, 11) is 0. The molecule has 4 rings (SSSR count). The van der Waals surface area contributed by atoms with Gasteiger partial charge in [-0.1, -0.05) is 32.9 Å². The molecule has 0 bridgehead atoms. The Morgan fingerprint density at radius 3 is 2.09 bits per heavy atom. The van der Waals surface area contributed by atoms with E-state index in [-0.39, 0.29) is 23.5 Å². The van der Waals surface area contributed by atoms with Crippen LogP contribution in [0.15, 0.2) is 66.7 Å². The Kier molecular flexibility index (Phi) is 5.87. The highest BCUT2D eigenvalue weighted by molar-refractivity contribution is 6.21. The number of carbonyl (C=O) groups excluding carboxylic acids is 3. The largest absolute Gasteiger partial charge is 0.484 e. The summed E-state index contributed by atoms with van der Waals surface area (Å²) in [6.07, 6.45) is 0. The van der Waals surface area contributed by atoms with Crippen LogP contribution in [-0.2, 0) is 10.2 Å². The zero-order valence-electron chi connectivity index (χ0n) is 18.6. The van der Waals surface area contributed by atoms with Gasteiger partial charge in [0.05, 0.1) is 11.1 Å². The van der Waals surface area contributed by atoms with Gasteiger partial charge < -0.3 is 14.8 Å². The van der Waals surface area contributed by atoms with Crippen molar-refractivity contribution in [3.63, 3.8) is 0 Å². The van der Waals surface area contributed by atoms with Gasteiger partial charge in [0.2, 0.25) is 0 Å². The first kappa shape index (κ1) is 22.1. The van der Waals surface area contributed by atoms with Gasteiger partial charge in [0.15, 0.2) is 6.61 Å². The first-order chi connectivity index (χ1) is 15.7. The molecule has 2 N–H and O–H groups in total. The fourth-order valence-corrected chi connectivity index (χ4v) is 3.35. The lowest BCUT2D eigenvalue weighted by atomic mass is 9.87. The minimum absolute atomic E-state index is 0.0556. The molecule has 0 unspecified atom stereocenters. The second kappa shape index (κ2) is 8.78. The number of rotatable bonds is 6. The van der Waals surface area contributed by atoms with Crippen LogP contribution in [0.2, 0.25) is 0 Å². The summed E-state index contributed by atoms with van der Waals surface area (Å²) in [6.45, 7) is 6.31. The number of benzene rings is 3. The molecule has 7 nitrogen and oxygen atoms in total. The molecule has 1 aliphatic rings. The molecule has 0 saturated heterocycles. The average Bonchev–Trinajstić information content (AvgIpc) is 3.06. The topological polar surface area (TPSA) is 93.7 Å². The molecular formula is C26H24N2O5. The van der Waals surface area contributed by atoms with Crippen molar-refractivity contribution >= 4 is 23.4 Å². The molecular weight excluding hydrogens is 420 g/mol. The van der Waals surface area contributed by atoms with Crippen LogP contribution in [0.5, 0.6) is 17.2 Å². The number of anilines is 1. The molecule has 1 heterocycles. The number of ether oxygens (including phenoxy) is 2. The van der Waals surface area contributed by atoms with E-state index in [1.165, 1.54) is 11.6 Å². The smallest absolute Gasteiger partial charge is 0.262 e. The highest BCUT2D eigenvalue weighted by Gasteiger charge is 2.27. The van der Waals surface area contributed by atoms with Crippen molar-refractivity contribution in [2.24, 2.45) is 0 Å². The molecule has 0 fully saturated rings. The zero-order chi connectivity index (χ0) is 23.6. The van der Waals surface area contributed by atoms with E-state index in [4.69, 9.17) is 9.47 Å². The first-order valence-corrected chi connectivity index (χ1v) is 10.5. The predicted octanol–water partition coefficient (Wildman–Crippen LogP) is 4.68. The van der Waals surface area contributed by atoms with Crippen LogP contribution in [0.4, 0.5) is 5.69 Å². The Morgan fingerprint density at radius 1 is 0.818 bits per heavy atom. The van der Waals surface area contributed by atoms with Gasteiger partial charge in [0, 0.05) is 5.69 Å². The van der Waals surface area contributed by atoms with Gasteiger partial charge in [0.1, 0.15) is 17.2 Å². The van der Waals surface area contributed by atoms with E-state index >= 15 is 0 Å². The minimum Gasteiger partial charge on any atom is -0.484 e. The SMILES string of the molecule is CC(C)(C)c1ccc(OCC(=O)Nc2ccc(Oc3ccc4c(c3)C(=O)NC4=O)cc2)cc1. The van der Waals surface area contributed by atoms with E-state index in [0.29, 0.717) is 28.5 Å². The van der Waals surface area contributed by atoms with Crippen LogP contribution >= 0.6 is 0 Å². The van der Waals surface area contributed by atoms with Crippen LogP contribution in [0.3, 0.4) is 0 Å². The third kappa shape index (κ3) is 5.20. The molecule has 7 heteroatoms. The molecule has 3 aromatic rings. The molecule has 1 aliphatic heterocycles. The first-order valence-electron chi connectivity index (χ1n) is 10.5. The van der Waals surface area contributed by atoms with Crippen molar-refractivity contribution in [3.8, 4) is 17.2 Å². The Morgan fingerprint density at radius 2 is 1.42 bits per heavy atom. The molecule has 0 aliphatic carbocycles. The van der Waals surface area contributed by atoms with E-state index in [2.05, 4.69) is 31.4 Å². The summed E-state index contributed by atoms with van der Waals surface area (Å²) in [6, 6.07) is 19.2. The lowest BCUT2D eigenvalue weighted by Crippen LogP contribution is -2.20. The Hall–Kier alpha value is -4.13. The van der Waals surface area contributed by atoms with Crippen molar-refractivity contribution in [1.29, 1.82) is 0 Å². The molecule has 33 heavy (non-hydrogen) atoms. The van der Waals surface area contributed by atoms with Gasteiger partial charge in [-0.05, 0) is 65.6 Å². The summed E-state index contributed by atoms with van der Waals surface area (Å²) in [5.74, 6) is 0.456. The van der Waals surface area contributed by atoms with Crippen LogP contribution in [0.1, 0.15) is 47.1 Å². The summed E-state index contributed by atoms with van der Waals surface area (Å²) in [5.41, 5.74) is 2.46. The van der Waals surface area contributed by atoms with Gasteiger partial charge in [0.25, 0.3) is 17.7 Å². The van der Waals surface area contributed by atoms with Crippen molar-refractivity contribution < 1.29 is 23.9 Å². The van der Waals surface area contributed by atoms with E-state index in [1.807, 2.05) is 24.3 Å². The molecule has 0 spiro atoms. The fourth-order valence-electron chi connectivity index (χ4n) is 3.35. The quantitative estimate of drug-likeness (QED) is 0.539. The lowest BCUT2D eigenvalue weighted by Gasteiger charge is -2.19. The molecule has 0 saturated carbocycles. The van der Waals surface area contributed by atoms with E-state index in [1.54, 1.807) is 36.4 Å². The van der Waals surface area contributed by atoms with Crippen molar-refractivity contribution in [2.75, 3.05) is 11.9 Å². The van der Waals surface area contributed by atoms with Crippen LogP contribution < -0.4 is 20.1 Å². The maximum Gasteiger partial charge on any atom is 0.262 e. The third-order valence-corrected chi connectivity index (χ3v) is 5.17. The lowest BCUT2D eigenvalue weighted by molar-refractivity contribution is -0.118. The standard InChI is InChI=1S/C26H24N2O5/c1-26(2,3)16-4-8-18(9-5-16)32-15-23(29)27-17-6-10-19(11-7-17)33-20-12-13-21-22(14-20)25(31)28-24(21)30/h4-14H,15H2,1-3H3,(H,27,29)(H,28,30,31). The summed E-state index contributed by atoms with van der Waals surface area (Å²) in [5, 5.41) is 5.02. The van der Waals surface area contributed by atoms with E-state index in [9.17, 15) is 14.4 Å². The molecule has 3 amide bonds. The van der Waals surface area contributed by atoms with E-state index < -0.39 is 11.8 Å². The normalized spacial score (nSPS) is 12.7. The van der Waals surface area contributed by atoms with Crippen molar-refractivity contribution in [1.82, 2.24) is 5.32 Å². The van der Waals surface area contributed by atoms with Gasteiger partial charge in [-0.2, -0.15) is 0 Å². The fraction of sp³-hybridized carbons (Fsp3) is 0.192. The Labute approximate surface area is 191 Å². The van der Waals surface area contributed by atoms with Crippen LogP contribution in [0, 0.1) is 0 Å². The van der Waals surface area contributed by atoms with Gasteiger partial charge in [-0.3, -0.25) is 19.7 Å². The molecule has 3 aromatic carbocycles. The average molecular weight is 444 g/mol. The zero-order valence-corrected chi connectivity index (χ0v) is 18.6. The number of hydrogen-bond acceptors (Lipinski definition) is 5. The monoisotopic (exact) mass is 444 g/mol. The number of hydrogen-bond donors (Lipinski definition) is 2. The second-order valence-electron chi connectivity index (χ2n) is 8.73. The van der Waals surface area contributed by atoms with Crippen LogP contribution in [0.25, 0.3) is 0 Å². The Bertz CT molecular complexity index is 1210. The maximum atomic E-state index is 12.2. The van der Waals surface area contributed by atoms with Gasteiger partial charge in [-0.15, -0.1) is 0 Å². The summed E-state index contributed by atoms with van der Waals surface area (Å²) >= 11 is 0. The molecule has 0 atom stereocenters. The molecule has 0 radical (unpaired) electrons. The number of amides is 3. The Balaban J connectivity index is 1.30. The number of fused-ring (bicyclic) bond motifs is 1. The summed E-state index contributed by atoms with van der Waals surface area (Å²) < 4.78 is 11.3. The summed E-state index contributed by atoms with van der Waals surface area (Å²) in [4.78, 5) is 35.6. The third-order valence-electron chi connectivity index (χ3n) is 5.17. The highest BCUT2D eigenvalue weighted by Crippen LogP contribution is 2.27. The predicted molar refractivity (Wildman–Crippen MR) is 124 cm³/mol. The number of carbonyl (C=O) groups is 3. The molecule has 168 valence electrons. The molecule has 0 aromatic heterocycles. The van der Waals surface area contributed by atoms with Crippen LogP contribution in [-0.4, -0.2) is 24.3 Å². The van der Waals surface area contributed by atoms with Gasteiger partial charge >= 0.3 is 0 Å². The number of imide groups is 1. The second-order valence-corrected chi connectivity index (χ2v) is 8.73. The van der Waals surface area contributed by atoms with Crippen molar-refractivity contribution in [2.45, 2.75) is 26.2 Å². The highest BCUT2D eigenvalue weighted by atomic mass is 16.5. The maximum absolute atomic E-state index is 12.2. The minimum atomic E-state index is -0.439. The van der Waals surface area contributed by atoms with Gasteiger partial charge in [-0.25, -0.2) is 0 Å².